The van der Waals surface area contributed by atoms with Crippen molar-refractivity contribution in [3.8, 4) is 0 Å². The van der Waals surface area contributed by atoms with Crippen LogP contribution in [-0.2, 0) is 4.74 Å². The lowest BCUT2D eigenvalue weighted by atomic mass is 9.61. The summed E-state index contributed by atoms with van der Waals surface area (Å²) in [5, 5.41) is 13.3. The second-order valence-corrected chi connectivity index (χ2v) is 6.22. The molecule has 7 heteroatoms. The zero-order valence-corrected chi connectivity index (χ0v) is 12.6. The van der Waals surface area contributed by atoms with Crippen molar-refractivity contribution in [1.29, 1.82) is 0 Å². The molecule has 2 N–H and O–H groups in total. The van der Waals surface area contributed by atoms with Crippen LogP contribution >= 0.6 is 11.6 Å². The number of methoxy groups -OCH3 is 1. The molecule has 3 aliphatic rings. The maximum absolute atomic E-state index is 13.8. The Bertz CT molecular complexity index is 511. The van der Waals surface area contributed by atoms with Crippen LogP contribution < -0.4 is 5.32 Å². The second kappa shape index (κ2) is 6.02. The highest BCUT2D eigenvalue weighted by Crippen LogP contribution is 2.47. The van der Waals surface area contributed by atoms with Crippen molar-refractivity contribution >= 4 is 17.4 Å². The van der Waals surface area contributed by atoms with Gasteiger partial charge in [-0.25, -0.2) is 9.37 Å². The number of hydrogen-bond acceptors (Lipinski definition) is 5. The van der Waals surface area contributed by atoms with Gasteiger partial charge in [-0.15, -0.1) is 0 Å². The molecule has 21 heavy (non-hydrogen) atoms. The number of hydrogen-bond donors (Lipinski definition) is 2. The molecule has 0 aliphatic heterocycles. The Hall–Kier alpha value is -0.980. The van der Waals surface area contributed by atoms with Gasteiger partial charge < -0.3 is 15.2 Å². The number of fused-ring (bicyclic) bond motifs is 3. The first kappa shape index (κ1) is 14.9. The largest absolute Gasteiger partial charge is 0.368 e. The molecular weight excluding hydrogens is 297 g/mol. The highest BCUT2D eigenvalue weighted by atomic mass is 35.5. The van der Waals surface area contributed by atoms with Gasteiger partial charge in [0.25, 0.3) is 0 Å². The highest BCUT2D eigenvalue weighted by molar-refractivity contribution is 6.28. The summed E-state index contributed by atoms with van der Waals surface area (Å²) in [5.74, 6) is 0.281. The van der Waals surface area contributed by atoms with E-state index in [1.54, 1.807) is 0 Å². The van der Waals surface area contributed by atoms with Crippen molar-refractivity contribution in [1.82, 2.24) is 9.97 Å². The van der Waals surface area contributed by atoms with Gasteiger partial charge in [-0.3, -0.25) is 0 Å². The molecule has 0 saturated heterocycles. The molecule has 0 amide bonds. The first-order valence-corrected chi connectivity index (χ1v) is 7.63. The van der Waals surface area contributed by atoms with Gasteiger partial charge in [-0.05, 0) is 49.1 Å². The maximum Gasteiger partial charge on any atom is 0.224 e. The molecule has 1 unspecified atom stereocenters. The van der Waals surface area contributed by atoms with E-state index in [2.05, 4.69) is 15.3 Å². The molecule has 1 aromatic heterocycles. The molecule has 3 aliphatic carbocycles. The average Bonchev–Trinajstić information content (AvgIpc) is 2.51. The van der Waals surface area contributed by atoms with Gasteiger partial charge in [0, 0.05) is 19.1 Å². The van der Waals surface area contributed by atoms with Crippen LogP contribution in [0.2, 0.25) is 5.28 Å². The lowest BCUT2D eigenvalue weighted by Crippen LogP contribution is -2.53. The predicted octanol–water partition coefficient (Wildman–Crippen LogP) is 2.45. The Morgan fingerprint density at radius 1 is 1.38 bits per heavy atom. The molecule has 0 aromatic carbocycles. The summed E-state index contributed by atoms with van der Waals surface area (Å²) in [5.41, 5.74) is 0. The van der Waals surface area contributed by atoms with Crippen molar-refractivity contribution in [3.05, 3.63) is 17.3 Å². The zero-order chi connectivity index (χ0) is 15.0. The quantitative estimate of drug-likeness (QED) is 0.660. The number of ether oxygens (including phenoxy) is 1. The molecule has 1 aromatic rings. The van der Waals surface area contributed by atoms with Crippen molar-refractivity contribution in [2.45, 2.75) is 38.0 Å². The van der Waals surface area contributed by atoms with Gasteiger partial charge >= 0.3 is 0 Å². The number of nitrogens with one attached hydrogen (secondary N) is 1. The van der Waals surface area contributed by atoms with E-state index in [9.17, 15) is 9.50 Å². The summed E-state index contributed by atoms with van der Waals surface area (Å²) in [6.45, 7) is 0. The minimum atomic E-state index is -0.851. The van der Waals surface area contributed by atoms with Crippen LogP contribution in [0, 0.1) is 23.6 Å². The Labute approximate surface area is 127 Å². The van der Waals surface area contributed by atoms with Gasteiger partial charge in [0.15, 0.2) is 17.9 Å². The first-order valence-electron chi connectivity index (χ1n) is 7.25. The molecule has 3 atom stereocenters. The van der Waals surface area contributed by atoms with Crippen LogP contribution in [0.3, 0.4) is 0 Å². The molecule has 2 bridgehead atoms. The minimum Gasteiger partial charge on any atom is -0.368 e. The normalized spacial score (nSPS) is 33.0. The first-order chi connectivity index (χ1) is 10.1. The van der Waals surface area contributed by atoms with Gasteiger partial charge in [-0.1, -0.05) is 0 Å². The predicted molar refractivity (Wildman–Crippen MR) is 76.4 cm³/mol. The van der Waals surface area contributed by atoms with Crippen molar-refractivity contribution < 1.29 is 14.2 Å². The molecular formula is C14H19ClFN3O2. The molecule has 0 radical (unpaired) electrons. The van der Waals surface area contributed by atoms with E-state index in [1.165, 1.54) is 7.11 Å². The summed E-state index contributed by atoms with van der Waals surface area (Å²) < 4.78 is 19.0. The van der Waals surface area contributed by atoms with Gasteiger partial charge in [0.05, 0.1) is 6.20 Å². The Morgan fingerprint density at radius 2 is 2.05 bits per heavy atom. The van der Waals surface area contributed by atoms with Gasteiger partial charge in [-0.2, -0.15) is 4.98 Å². The lowest BCUT2D eigenvalue weighted by Gasteiger charge is -2.50. The standard InChI is InChI=1S/C14H19ClFN3O2/c1-21-13(20)10-7-2-4-8(5-3-7)11(10)18-12-9(16)6-17-14(15)19-12/h6-8,10-11,13,20H,2-5H2,1H3,(H,17,18,19)/t7?,8?,10-,11-,13?/m0/s1. The number of halogens is 2. The van der Waals surface area contributed by atoms with Crippen LogP contribution in [0.5, 0.6) is 0 Å². The van der Waals surface area contributed by atoms with Crippen LogP contribution in [0.4, 0.5) is 10.2 Å². The van der Waals surface area contributed by atoms with Crippen LogP contribution in [0.15, 0.2) is 6.20 Å². The minimum absolute atomic E-state index is 0.00343. The molecule has 3 fully saturated rings. The smallest absolute Gasteiger partial charge is 0.224 e. The fourth-order valence-corrected chi connectivity index (χ4v) is 4.02. The van der Waals surface area contributed by atoms with Crippen molar-refractivity contribution in [3.63, 3.8) is 0 Å². The second-order valence-electron chi connectivity index (χ2n) is 5.88. The highest BCUT2D eigenvalue weighted by Gasteiger charge is 2.47. The molecule has 5 nitrogen and oxygen atoms in total. The van der Waals surface area contributed by atoms with E-state index in [1.807, 2.05) is 0 Å². The number of nitrogens with zero attached hydrogens (tertiary/aromatic N) is 2. The van der Waals surface area contributed by atoms with E-state index in [0.29, 0.717) is 11.8 Å². The SMILES string of the molecule is COC(O)[C@H]1C2CCC(CC2)[C@@H]1Nc1nc(Cl)ncc1F. The van der Waals surface area contributed by atoms with Gasteiger partial charge in [0.1, 0.15) is 0 Å². The van der Waals surface area contributed by atoms with Crippen LogP contribution in [0.1, 0.15) is 25.7 Å². The topological polar surface area (TPSA) is 67.3 Å². The van der Waals surface area contributed by atoms with E-state index < -0.39 is 12.1 Å². The Kier molecular flexibility index (Phi) is 4.28. The molecule has 4 rings (SSSR count). The third-order valence-electron chi connectivity index (χ3n) is 4.87. The van der Waals surface area contributed by atoms with E-state index >= 15 is 0 Å². The number of aliphatic hydroxyl groups is 1. The van der Waals surface area contributed by atoms with Crippen LogP contribution in [0.25, 0.3) is 0 Å². The number of rotatable bonds is 4. The number of aromatic nitrogens is 2. The third kappa shape index (κ3) is 2.84. The Morgan fingerprint density at radius 3 is 2.71 bits per heavy atom. The summed E-state index contributed by atoms with van der Waals surface area (Å²) >= 11 is 5.74. The summed E-state index contributed by atoms with van der Waals surface area (Å²) in [7, 11) is 1.49. The monoisotopic (exact) mass is 315 g/mol. The van der Waals surface area contributed by atoms with Crippen molar-refractivity contribution in [2.75, 3.05) is 12.4 Å². The number of anilines is 1. The van der Waals surface area contributed by atoms with Crippen LogP contribution in [-0.4, -0.2) is 34.5 Å². The molecule has 116 valence electrons. The average molecular weight is 316 g/mol. The van der Waals surface area contributed by atoms with E-state index in [-0.39, 0.29) is 23.1 Å². The van der Waals surface area contributed by atoms with E-state index in [4.69, 9.17) is 16.3 Å². The lowest BCUT2D eigenvalue weighted by molar-refractivity contribution is -0.154. The fraction of sp³-hybridized carbons (Fsp3) is 0.714. The number of aliphatic hydroxyl groups excluding tert-OH is 1. The van der Waals surface area contributed by atoms with Crippen molar-refractivity contribution in [2.24, 2.45) is 17.8 Å². The Balaban J connectivity index is 1.86. The molecule has 1 heterocycles. The summed E-state index contributed by atoms with van der Waals surface area (Å²) in [6, 6.07) is -0.0621. The van der Waals surface area contributed by atoms with E-state index in [0.717, 1.165) is 31.9 Å². The zero-order valence-electron chi connectivity index (χ0n) is 11.8. The third-order valence-corrected chi connectivity index (χ3v) is 5.05. The summed E-state index contributed by atoms with van der Waals surface area (Å²) in [4.78, 5) is 7.53. The molecule has 3 saturated carbocycles. The maximum atomic E-state index is 13.8. The molecule has 0 spiro atoms. The fourth-order valence-electron chi connectivity index (χ4n) is 3.88. The van der Waals surface area contributed by atoms with Gasteiger partial charge in [0.2, 0.25) is 5.28 Å². The summed E-state index contributed by atoms with van der Waals surface area (Å²) in [6.07, 6.45) is 4.53.